The standard InChI is InChI=1S/C17H26N2O2/c1-11(17-15(20)4-3-5-16(17)21)18-10-12-8-13-6-7-14(9-12)19(13)2/h3-5,11-14,18,20-21H,6-10H2,1-2H3. The number of hydrogen-bond donors (Lipinski definition) is 3. The molecule has 1 aromatic rings. The van der Waals surface area contributed by atoms with Crippen LogP contribution in [0.3, 0.4) is 0 Å². The third kappa shape index (κ3) is 2.87. The summed E-state index contributed by atoms with van der Waals surface area (Å²) < 4.78 is 0. The highest BCUT2D eigenvalue weighted by Gasteiger charge is 2.38. The zero-order valence-corrected chi connectivity index (χ0v) is 12.9. The smallest absolute Gasteiger partial charge is 0.124 e. The number of benzene rings is 1. The van der Waals surface area contributed by atoms with E-state index in [9.17, 15) is 10.2 Å². The molecule has 2 aliphatic rings. The maximum absolute atomic E-state index is 9.92. The summed E-state index contributed by atoms with van der Waals surface area (Å²) in [6, 6.07) is 6.39. The van der Waals surface area contributed by atoms with Crippen molar-refractivity contribution in [1.29, 1.82) is 0 Å². The number of nitrogens with one attached hydrogen (secondary N) is 1. The predicted octanol–water partition coefficient (Wildman–Crippen LogP) is 2.62. The van der Waals surface area contributed by atoms with Gasteiger partial charge in [0.25, 0.3) is 0 Å². The maximum atomic E-state index is 9.92. The van der Waals surface area contributed by atoms with Crippen molar-refractivity contribution in [2.75, 3.05) is 13.6 Å². The van der Waals surface area contributed by atoms with Gasteiger partial charge in [-0.25, -0.2) is 0 Å². The number of piperidine rings is 1. The van der Waals surface area contributed by atoms with E-state index in [1.54, 1.807) is 18.2 Å². The molecule has 21 heavy (non-hydrogen) atoms. The Morgan fingerprint density at radius 3 is 2.33 bits per heavy atom. The van der Waals surface area contributed by atoms with Crippen molar-refractivity contribution < 1.29 is 10.2 Å². The molecule has 3 unspecified atom stereocenters. The predicted molar refractivity (Wildman–Crippen MR) is 83.5 cm³/mol. The molecule has 0 aliphatic carbocycles. The molecule has 0 amide bonds. The van der Waals surface area contributed by atoms with E-state index in [0.29, 0.717) is 11.5 Å². The van der Waals surface area contributed by atoms with Crippen molar-refractivity contribution in [3.63, 3.8) is 0 Å². The fourth-order valence-electron chi connectivity index (χ4n) is 4.12. The van der Waals surface area contributed by atoms with E-state index in [2.05, 4.69) is 17.3 Å². The van der Waals surface area contributed by atoms with Crippen LogP contribution in [0.2, 0.25) is 0 Å². The Labute approximate surface area is 126 Å². The van der Waals surface area contributed by atoms with Gasteiger partial charge in [0.2, 0.25) is 0 Å². The van der Waals surface area contributed by atoms with Crippen LogP contribution >= 0.6 is 0 Å². The Morgan fingerprint density at radius 2 is 1.76 bits per heavy atom. The Bertz CT molecular complexity index is 471. The second-order valence-corrected chi connectivity index (χ2v) is 6.73. The average molecular weight is 290 g/mol. The normalized spacial score (nSPS) is 30.5. The summed E-state index contributed by atoms with van der Waals surface area (Å²) in [4.78, 5) is 2.55. The molecule has 0 aromatic heterocycles. The van der Waals surface area contributed by atoms with Crippen LogP contribution in [0.1, 0.15) is 44.2 Å². The zero-order chi connectivity index (χ0) is 15.0. The van der Waals surface area contributed by atoms with Crippen LogP contribution < -0.4 is 5.32 Å². The molecule has 3 rings (SSSR count). The SMILES string of the molecule is CC(NCC1CC2CCC(C1)N2C)c1c(O)cccc1O. The fourth-order valence-corrected chi connectivity index (χ4v) is 4.12. The second-order valence-electron chi connectivity index (χ2n) is 6.73. The van der Waals surface area contributed by atoms with E-state index < -0.39 is 0 Å². The summed E-state index contributed by atoms with van der Waals surface area (Å²) in [5.41, 5.74) is 0.605. The third-order valence-corrected chi connectivity index (χ3v) is 5.40. The van der Waals surface area contributed by atoms with Gasteiger partial charge in [0.1, 0.15) is 11.5 Å². The van der Waals surface area contributed by atoms with Gasteiger partial charge < -0.3 is 20.4 Å². The third-order valence-electron chi connectivity index (χ3n) is 5.40. The highest BCUT2D eigenvalue weighted by Crippen LogP contribution is 2.38. The molecule has 4 heteroatoms. The van der Waals surface area contributed by atoms with Crippen molar-refractivity contribution in [2.45, 2.75) is 50.7 Å². The van der Waals surface area contributed by atoms with Crippen LogP contribution in [-0.2, 0) is 0 Å². The van der Waals surface area contributed by atoms with Gasteiger partial charge >= 0.3 is 0 Å². The highest BCUT2D eigenvalue weighted by atomic mass is 16.3. The lowest BCUT2D eigenvalue weighted by atomic mass is 9.90. The number of rotatable bonds is 4. The van der Waals surface area contributed by atoms with Crippen LogP contribution in [0.25, 0.3) is 0 Å². The summed E-state index contributed by atoms with van der Waals surface area (Å²) in [5, 5.41) is 23.3. The Hall–Kier alpha value is -1.26. The summed E-state index contributed by atoms with van der Waals surface area (Å²) in [5.74, 6) is 1.03. The van der Waals surface area contributed by atoms with Crippen LogP contribution in [0.15, 0.2) is 18.2 Å². The number of phenolic OH excluding ortho intramolecular Hbond substituents is 2. The molecule has 2 bridgehead atoms. The van der Waals surface area contributed by atoms with Crippen molar-refractivity contribution in [3.8, 4) is 11.5 Å². The molecule has 2 heterocycles. The van der Waals surface area contributed by atoms with Crippen LogP contribution in [-0.4, -0.2) is 40.8 Å². The molecule has 3 atom stereocenters. The largest absolute Gasteiger partial charge is 0.507 e. The number of fused-ring (bicyclic) bond motifs is 2. The molecule has 4 nitrogen and oxygen atoms in total. The van der Waals surface area contributed by atoms with Crippen LogP contribution in [0, 0.1) is 5.92 Å². The number of aromatic hydroxyl groups is 2. The molecule has 1 aromatic carbocycles. The topological polar surface area (TPSA) is 55.7 Å². The minimum absolute atomic E-state index is 0.0384. The van der Waals surface area contributed by atoms with Gasteiger partial charge in [0, 0.05) is 18.1 Å². The molecule has 2 aliphatic heterocycles. The molecule has 2 saturated heterocycles. The first-order chi connectivity index (χ1) is 10.1. The molecule has 116 valence electrons. The second kappa shape index (κ2) is 5.85. The maximum Gasteiger partial charge on any atom is 0.124 e. The van der Waals surface area contributed by atoms with Gasteiger partial charge in [0.05, 0.1) is 5.56 Å². The summed E-state index contributed by atoms with van der Waals surface area (Å²) in [7, 11) is 2.26. The summed E-state index contributed by atoms with van der Waals surface area (Å²) >= 11 is 0. The van der Waals surface area contributed by atoms with Gasteiger partial charge in [-0.05, 0) is 64.3 Å². The first-order valence-electron chi connectivity index (χ1n) is 8.02. The van der Waals surface area contributed by atoms with Gasteiger partial charge in [-0.15, -0.1) is 0 Å². The van der Waals surface area contributed by atoms with Gasteiger partial charge in [-0.1, -0.05) is 6.07 Å². The molecular weight excluding hydrogens is 264 g/mol. The van der Waals surface area contributed by atoms with Crippen molar-refractivity contribution >= 4 is 0 Å². The molecular formula is C17H26N2O2. The van der Waals surface area contributed by atoms with E-state index in [1.165, 1.54) is 25.7 Å². The highest BCUT2D eigenvalue weighted by molar-refractivity contribution is 5.44. The lowest BCUT2D eigenvalue weighted by molar-refractivity contribution is 0.131. The fraction of sp³-hybridized carbons (Fsp3) is 0.647. The quantitative estimate of drug-likeness (QED) is 0.798. The van der Waals surface area contributed by atoms with Crippen LogP contribution in [0.5, 0.6) is 11.5 Å². The minimum Gasteiger partial charge on any atom is -0.507 e. The van der Waals surface area contributed by atoms with Crippen molar-refractivity contribution in [1.82, 2.24) is 10.2 Å². The summed E-state index contributed by atoms with van der Waals surface area (Å²) in [6.45, 7) is 2.95. The first kappa shape index (κ1) is 14.7. The van der Waals surface area contributed by atoms with E-state index >= 15 is 0 Å². The van der Waals surface area contributed by atoms with Crippen LogP contribution in [0.4, 0.5) is 0 Å². The van der Waals surface area contributed by atoms with Crippen molar-refractivity contribution in [3.05, 3.63) is 23.8 Å². The Morgan fingerprint density at radius 1 is 1.19 bits per heavy atom. The Kier molecular flexibility index (Phi) is 4.09. The average Bonchev–Trinajstić information content (AvgIpc) is 2.67. The van der Waals surface area contributed by atoms with Gasteiger partial charge in [-0.2, -0.15) is 0 Å². The van der Waals surface area contributed by atoms with Gasteiger partial charge in [0.15, 0.2) is 0 Å². The summed E-state index contributed by atoms with van der Waals surface area (Å²) in [6.07, 6.45) is 5.21. The minimum atomic E-state index is -0.0384. The monoisotopic (exact) mass is 290 g/mol. The van der Waals surface area contributed by atoms with E-state index in [-0.39, 0.29) is 17.5 Å². The van der Waals surface area contributed by atoms with E-state index in [0.717, 1.165) is 18.6 Å². The van der Waals surface area contributed by atoms with E-state index in [4.69, 9.17) is 0 Å². The first-order valence-corrected chi connectivity index (χ1v) is 8.02. The number of phenols is 2. The zero-order valence-electron chi connectivity index (χ0n) is 12.9. The molecule has 2 fully saturated rings. The lowest BCUT2D eigenvalue weighted by Gasteiger charge is -2.36. The number of nitrogens with zero attached hydrogens (tertiary/aromatic N) is 1. The van der Waals surface area contributed by atoms with E-state index in [1.807, 2.05) is 6.92 Å². The molecule has 3 N–H and O–H groups in total. The number of hydrogen-bond acceptors (Lipinski definition) is 4. The molecule has 0 radical (unpaired) electrons. The van der Waals surface area contributed by atoms with Crippen molar-refractivity contribution in [2.24, 2.45) is 5.92 Å². The Balaban J connectivity index is 1.58. The molecule has 0 saturated carbocycles. The van der Waals surface area contributed by atoms with Gasteiger partial charge in [-0.3, -0.25) is 0 Å². The molecule has 0 spiro atoms. The lowest BCUT2D eigenvalue weighted by Crippen LogP contribution is -2.42.